The maximum atomic E-state index is 13.3. The van der Waals surface area contributed by atoms with Crippen LogP contribution in [-0.2, 0) is 16.9 Å². The van der Waals surface area contributed by atoms with E-state index in [4.69, 9.17) is 16.3 Å². The molecule has 1 saturated heterocycles. The SMILES string of the molecule is Fc1ccc([C@]2(Cn3ccnn3)O[C@H]2c2ccccc2Cl)cc1. The van der Waals surface area contributed by atoms with Gasteiger partial charge >= 0.3 is 0 Å². The van der Waals surface area contributed by atoms with Gasteiger partial charge in [-0.05, 0) is 23.8 Å². The van der Waals surface area contributed by atoms with Crippen molar-refractivity contribution in [3.63, 3.8) is 0 Å². The molecule has 2 atom stereocenters. The summed E-state index contributed by atoms with van der Waals surface area (Å²) in [6, 6.07) is 13.9. The Morgan fingerprint density at radius 3 is 2.65 bits per heavy atom. The van der Waals surface area contributed by atoms with E-state index in [2.05, 4.69) is 10.3 Å². The summed E-state index contributed by atoms with van der Waals surface area (Å²) in [5.74, 6) is -0.278. The van der Waals surface area contributed by atoms with Crippen molar-refractivity contribution < 1.29 is 9.13 Å². The van der Waals surface area contributed by atoms with Crippen molar-refractivity contribution in [2.45, 2.75) is 18.2 Å². The maximum absolute atomic E-state index is 13.3. The molecule has 1 aliphatic rings. The highest BCUT2D eigenvalue weighted by Gasteiger charge is 2.59. The van der Waals surface area contributed by atoms with Gasteiger partial charge in [0.2, 0.25) is 0 Å². The Morgan fingerprint density at radius 2 is 1.96 bits per heavy atom. The number of hydrogen-bond acceptors (Lipinski definition) is 3. The maximum Gasteiger partial charge on any atom is 0.144 e. The summed E-state index contributed by atoms with van der Waals surface area (Å²) in [6.07, 6.45) is 3.19. The monoisotopic (exact) mass is 329 g/mol. The van der Waals surface area contributed by atoms with Crippen molar-refractivity contribution in [3.05, 3.63) is 82.9 Å². The van der Waals surface area contributed by atoms with Gasteiger partial charge in [-0.1, -0.05) is 47.1 Å². The molecule has 116 valence electrons. The van der Waals surface area contributed by atoms with E-state index in [1.807, 2.05) is 24.3 Å². The summed E-state index contributed by atoms with van der Waals surface area (Å²) >= 11 is 6.31. The second-order valence-corrected chi connectivity index (χ2v) is 5.92. The zero-order chi connectivity index (χ0) is 15.9. The molecule has 4 rings (SSSR count). The molecule has 0 radical (unpaired) electrons. The minimum atomic E-state index is -0.619. The third-order valence-electron chi connectivity index (χ3n) is 4.08. The molecule has 0 saturated carbocycles. The number of nitrogens with zero attached hydrogens (tertiary/aromatic N) is 3. The number of halogens is 2. The molecule has 0 bridgehead atoms. The van der Waals surface area contributed by atoms with Crippen LogP contribution in [0.2, 0.25) is 5.02 Å². The summed E-state index contributed by atoms with van der Waals surface area (Å²) in [5.41, 5.74) is 1.18. The van der Waals surface area contributed by atoms with Crippen molar-refractivity contribution >= 4 is 11.6 Å². The molecule has 23 heavy (non-hydrogen) atoms. The minimum absolute atomic E-state index is 0.203. The Hall–Kier alpha value is -2.24. The molecule has 0 aliphatic carbocycles. The average Bonchev–Trinajstić information content (AvgIpc) is 3.02. The van der Waals surface area contributed by atoms with Gasteiger partial charge in [0.15, 0.2) is 0 Å². The fourth-order valence-electron chi connectivity index (χ4n) is 2.90. The Morgan fingerprint density at radius 1 is 1.17 bits per heavy atom. The molecule has 2 heterocycles. The first kappa shape index (κ1) is 14.4. The molecule has 0 N–H and O–H groups in total. The van der Waals surface area contributed by atoms with Crippen LogP contribution in [0.4, 0.5) is 4.39 Å². The lowest BCUT2D eigenvalue weighted by Gasteiger charge is -2.14. The van der Waals surface area contributed by atoms with Crippen LogP contribution < -0.4 is 0 Å². The zero-order valence-electron chi connectivity index (χ0n) is 12.1. The van der Waals surface area contributed by atoms with E-state index in [0.717, 1.165) is 11.1 Å². The molecule has 6 heteroatoms. The number of aromatic nitrogens is 3. The predicted octanol–water partition coefficient (Wildman–Crippen LogP) is 3.74. The topological polar surface area (TPSA) is 43.2 Å². The summed E-state index contributed by atoms with van der Waals surface area (Å²) in [6.45, 7) is 0.481. The van der Waals surface area contributed by atoms with Crippen molar-refractivity contribution in [2.24, 2.45) is 0 Å². The quantitative estimate of drug-likeness (QED) is 0.685. The molecular weight excluding hydrogens is 317 g/mol. The number of benzene rings is 2. The summed E-state index contributed by atoms with van der Waals surface area (Å²) < 4.78 is 21.1. The lowest BCUT2D eigenvalue weighted by atomic mass is 9.91. The van der Waals surface area contributed by atoms with Gasteiger partial charge in [-0.2, -0.15) is 0 Å². The van der Waals surface area contributed by atoms with Crippen LogP contribution in [-0.4, -0.2) is 15.0 Å². The average molecular weight is 330 g/mol. The number of rotatable bonds is 4. The van der Waals surface area contributed by atoms with Crippen LogP contribution in [0.25, 0.3) is 0 Å². The van der Waals surface area contributed by atoms with Gasteiger partial charge in [0.25, 0.3) is 0 Å². The minimum Gasteiger partial charge on any atom is -0.354 e. The molecule has 2 aromatic carbocycles. The highest BCUT2D eigenvalue weighted by molar-refractivity contribution is 6.31. The first-order chi connectivity index (χ1) is 11.2. The molecular formula is C17H13ClFN3O. The van der Waals surface area contributed by atoms with E-state index >= 15 is 0 Å². The highest BCUT2D eigenvalue weighted by atomic mass is 35.5. The second-order valence-electron chi connectivity index (χ2n) is 5.52. The Labute approximate surface area is 137 Å². The summed E-state index contributed by atoms with van der Waals surface area (Å²) in [4.78, 5) is 0. The molecule has 1 aromatic heterocycles. The van der Waals surface area contributed by atoms with E-state index in [0.29, 0.717) is 11.6 Å². The van der Waals surface area contributed by atoms with E-state index in [-0.39, 0.29) is 11.9 Å². The standard InChI is InChI=1S/C17H13ClFN3O/c18-15-4-2-1-3-14(15)16-17(23-16,11-22-10-9-20-21-22)12-5-7-13(19)8-6-12/h1-10,16H,11H2/t16-,17-/m0/s1. The molecule has 1 aliphatic heterocycles. The van der Waals surface area contributed by atoms with E-state index in [9.17, 15) is 4.39 Å². The smallest absolute Gasteiger partial charge is 0.144 e. The van der Waals surface area contributed by atoms with Crippen molar-refractivity contribution in [2.75, 3.05) is 0 Å². The van der Waals surface area contributed by atoms with Crippen LogP contribution >= 0.6 is 11.6 Å². The molecule has 0 spiro atoms. The molecule has 3 aromatic rings. The van der Waals surface area contributed by atoms with Crippen molar-refractivity contribution in [1.29, 1.82) is 0 Å². The lowest BCUT2D eigenvalue weighted by molar-refractivity contribution is 0.261. The molecule has 0 amide bonds. The Balaban J connectivity index is 1.74. The second kappa shape index (κ2) is 5.44. The third kappa shape index (κ3) is 2.52. The van der Waals surface area contributed by atoms with Crippen molar-refractivity contribution in [1.82, 2.24) is 15.0 Å². The van der Waals surface area contributed by atoms with E-state index in [1.165, 1.54) is 12.1 Å². The van der Waals surface area contributed by atoms with Gasteiger partial charge in [0.1, 0.15) is 17.5 Å². The largest absolute Gasteiger partial charge is 0.354 e. The predicted molar refractivity (Wildman–Crippen MR) is 83.4 cm³/mol. The van der Waals surface area contributed by atoms with Crippen molar-refractivity contribution in [3.8, 4) is 0 Å². The van der Waals surface area contributed by atoms with Crippen LogP contribution in [0.3, 0.4) is 0 Å². The summed E-state index contributed by atoms with van der Waals surface area (Å²) in [5, 5.41) is 8.50. The van der Waals surface area contributed by atoms with Crippen LogP contribution in [0, 0.1) is 5.82 Å². The van der Waals surface area contributed by atoms with Gasteiger partial charge in [-0.3, -0.25) is 0 Å². The fraction of sp³-hybridized carbons (Fsp3) is 0.176. The Bertz CT molecular complexity index is 822. The first-order valence-electron chi connectivity index (χ1n) is 7.21. The van der Waals surface area contributed by atoms with Gasteiger partial charge in [0.05, 0.1) is 12.7 Å². The normalized spacial score (nSPS) is 23.0. The highest BCUT2D eigenvalue weighted by Crippen LogP contribution is 2.59. The van der Waals surface area contributed by atoms with Crippen LogP contribution in [0.15, 0.2) is 60.9 Å². The van der Waals surface area contributed by atoms with E-state index < -0.39 is 5.60 Å². The Kier molecular flexibility index (Phi) is 3.39. The molecule has 4 nitrogen and oxygen atoms in total. The molecule has 1 fully saturated rings. The third-order valence-corrected chi connectivity index (χ3v) is 4.43. The van der Waals surface area contributed by atoms with Gasteiger partial charge in [-0.25, -0.2) is 9.07 Å². The zero-order valence-corrected chi connectivity index (χ0v) is 12.8. The molecule has 0 unspecified atom stereocenters. The van der Waals surface area contributed by atoms with Crippen LogP contribution in [0.5, 0.6) is 0 Å². The van der Waals surface area contributed by atoms with Gasteiger partial charge < -0.3 is 4.74 Å². The number of epoxide rings is 1. The van der Waals surface area contributed by atoms with Crippen LogP contribution in [0.1, 0.15) is 17.2 Å². The fourth-order valence-corrected chi connectivity index (χ4v) is 3.13. The van der Waals surface area contributed by atoms with Gasteiger partial charge in [0, 0.05) is 16.8 Å². The van der Waals surface area contributed by atoms with E-state index in [1.54, 1.807) is 29.2 Å². The number of hydrogen-bond donors (Lipinski definition) is 0. The number of ether oxygens (including phenoxy) is 1. The first-order valence-corrected chi connectivity index (χ1v) is 7.59. The summed E-state index contributed by atoms with van der Waals surface area (Å²) in [7, 11) is 0. The lowest BCUT2D eigenvalue weighted by Crippen LogP contribution is -2.19. The van der Waals surface area contributed by atoms with Gasteiger partial charge in [-0.15, -0.1) is 5.10 Å².